The molecule has 0 aliphatic heterocycles. The van der Waals surface area contributed by atoms with Crippen LogP contribution < -0.4 is 16.6 Å². The lowest BCUT2D eigenvalue weighted by atomic mass is 10.0. The monoisotopic (exact) mass is 536 g/mol. The van der Waals surface area contributed by atoms with Gasteiger partial charge in [-0.2, -0.15) is 0 Å². The van der Waals surface area contributed by atoms with E-state index >= 15 is 0 Å². The van der Waals surface area contributed by atoms with E-state index in [1.807, 2.05) is 54.7 Å². The molecule has 4 heterocycles. The Labute approximate surface area is 226 Å². The highest BCUT2D eigenvalue weighted by Gasteiger charge is 2.25. The van der Waals surface area contributed by atoms with E-state index in [2.05, 4.69) is 20.4 Å². The molecule has 0 unspecified atom stereocenters. The van der Waals surface area contributed by atoms with Gasteiger partial charge in [0.05, 0.1) is 28.1 Å². The van der Waals surface area contributed by atoms with Crippen molar-refractivity contribution in [1.82, 2.24) is 34.4 Å². The second-order valence-corrected chi connectivity index (χ2v) is 10.0. The molecule has 2 aromatic carbocycles. The molecule has 0 saturated carbocycles. The Morgan fingerprint density at radius 3 is 2.74 bits per heavy atom. The Kier molecular flexibility index (Phi) is 6.33. The largest absolute Gasteiger partial charge is 0.381 e. The Bertz CT molecular complexity index is 1860. The number of nitrogen functional groups attached to an aromatic ring is 1. The van der Waals surface area contributed by atoms with E-state index in [0.717, 1.165) is 16.9 Å². The number of carbonyl (C=O) groups is 1. The first kappa shape index (κ1) is 24.4. The summed E-state index contributed by atoms with van der Waals surface area (Å²) in [6.45, 7) is 1.79. The van der Waals surface area contributed by atoms with E-state index in [1.54, 1.807) is 46.8 Å². The quantitative estimate of drug-likeness (QED) is 0.317. The summed E-state index contributed by atoms with van der Waals surface area (Å²) in [5, 5.41) is 7.69. The van der Waals surface area contributed by atoms with Gasteiger partial charge in [-0.3, -0.25) is 19.1 Å². The van der Waals surface area contributed by atoms with Gasteiger partial charge in [-0.25, -0.2) is 14.5 Å². The van der Waals surface area contributed by atoms with Crippen molar-refractivity contribution in [3.63, 3.8) is 0 Å². The van der Waals surface area contributed by atoms with Crippen LogP contribution >= 0.6 is 11.3 Å². The summed E-state index contributed by atoms with van der Waals surface area (Å²) in [5.41, 5.74) is 10.3. The van der Waals surface area contributed by atoms with Crippen molar-refractivity contribution in [3.05, 3.63) is 111 Å². The first-order valence-corrected chi connectivity index (χ1v) is 13.3. The van der Waals surface area contributed by atoms with Crippen LogP contribution in [0.15, 0.2) is 83.5 Å². The molecule has 0 bridgehead atoms. The predicted molar refractivity (Wildman–Crippen MR) is 150 cm³/mol. The highest BCUT2D eigenvalue weighted by atomic mass is 32.1. The molecule has 0 radical (unpaired) electrons. The highest BCUT2D eigenvalue weighted by molar-refractivity contribution is 7.09. The van der Waals surface area contributed by atoms with Crippen molar-refractivity contribution in [1.29, 1.82) is 0 Å². The molecule has 11 heteroatoms. The van der Waals surface area contributed by atoms with Gasteiger partial charge >= 0.3 is 0 Å². The van der Waals surface area contributed by atoms with Gasteiger partial charge in [-0.1, -0.05) is 30.3 Å². The molecular weight excluding hydrogens is 512 g/mol. The summed E-state index contributed by atoms with van der Waals surface area (Å²) < 4.78 is 3.03. The van der Waals surface area contributed by atoms with Crippen LogP contribution in [-0.2, 0) is 12.8 Å². The Hall–Kier alpha value is -4.90. The predicted octanol–water partition coefficient (Wildman–Crippen LogP) is 3.74. The topological polar surface area (TPSA) is 133 Å². The standard InChI is InChI=1S/C28H24N8O2S/c1-17(32-27(37)23-24(29)34-35-14-6-13-31-26(23)35)25-33-21-10-5-7-18(11-12-20-15-30-16-39-20)22(21)28(38)36(25)19-8-3-2-4-9-19/h2-10,13-17H,11-12H2,1H3,(H2,29,34)(H,32,37)/t17-/m1/s1. The van der Waals surface area contributed by atoms with Gasteiger partial charge in [-0.05, 0) is 49.6 Å². The van der Waals surface area contributed by atoms with E-state index in [-0.39, 0.29) is 16.9 Å². The maximum atomic E-state index is 14.1. The fourth-order valence-electron chi connectivity index (χ4n) is 4.72. The Morgan fingerprint density at radius 2 is 1.95 bits per heavy atom. The Balaban J connectivity index is 1.44. The fraction of sp³-hybridized carbons (Fsp3) is 0.143. The van der Waals surface area contributed by atoms with Crippen LogP contribution in [0.2, 0.25) is 0 Å². The number of nitrogens with two attached hydrogens (primary N) is 1. The van der Waals surface area contributed by atoms with Crippen LogP contribution in [0, 0.1) is 0 Å². The minimum atomic E-state index is -0.645. The molecule has 1 atom stereocenters. The smallest absolute Gasteiger partial charge is 0.266 e. The van der Waals surface area contributed by atoms with Gasteiger partial charge in [-0.15, -0.1) is 16.4 Å². The van der Waals surface area contributed by atoms with Gasteiger partial charge in [0.2, 0.25) is 0 Å². The number of rotatable bonds is 7. The van der Waals surface area contributed by atoms with E-state index in [1.165, 1.54) is 4.52 Å². The van der Waals surface area contributed by atoms with Crippen LogP contribution in [0.4, 0.5) is 5.82 Å². The molecule has 0 saturated heterocycles. The van der Waals surface area contributed by atoms with E-state index in [4.69, 9.17) is 10.7 Å². The zero-order valence-corrected chi connectivity index (χ0v) is 21.8. The third-order valence-electron chi connectivity index (χ3n) is 6.53. The summed E-state index contributed by atoms with van der Waals surface area (Å²) in [6, 6.07) is 16.1. The van der Waals surface area contributed by atoms with E-state index in [0.29, 0.717) is 34.5 Å². The molecule has 0 spiro atoms. The number of nitrogens with one attached hydrogen (secondary N) is 1. The zero-order chi connectivity index (χ0) is 26.9. The third-order valence-corrected chi connectivity index (χ3v) is 7.37. The number of aryl methyl sites for hydroxylation is 2. The van der Waals surface area contributed by atoms with Crippen molar-refractivity contribution in [2.75, 3.05) is 5.73 Å². The summed E-state index contributed by atoms with van der Waals surface area (Å²) in [7, 11) is 0. The molecule has 39 heavy (non-hydrogen) atoms. The third kappa shape index (κ3) is 4.53. The normalized spacial score (nSPS) is 12.1. The van der Waals surface area contributed by atoms with Crippen LogP contribution in [0.3, 0.4) is 0 Å². The molecule has 6 rings (SSSR count). The first-order valence-electron chi connectivity index (χ1n) is 12.4. The fourth-order valence-corrected chi connectivity index (χ4v) is 5.32. The number of hydrogen-bond acceptors (Lipinski definition) is 8. The molecule has 6 aromatic rings. The number of amides is 1. The minimum absolute atomic E-state index is 0.0657. The number of hydrogen-bond donors (Lipinski definition) is 2. The molecular formula is C28H24N8O2S. The summed E-state index contributed by atoms with van der Waals surface area (Å²) in [5.74, 6) is 0.00605. The molecule has 0 aliphatic carbocycles. The van der Waals surface area contributed by atoms with Crippen molar-refractivity contribution in [3.8, 4) is 5.69 Å². The van der Waals surface area contributed by atoms with Crippen LogP contribution in [-0.4, -0.2) is 35.0 Å². The Morgan fingerprint density at radius 1 is 1.10 bits per heavy atom. The summed E-state index contributed by atoms with van der Waals surface area (Å²) in [4.78, 5) is 42.0. The second kappa shape index (κ2) is 10.1. The number of thiazole rings is 1. The highest BCUT2D eigenvalue weighted by Crippen LogP contribution is 2.23. The number of fused-ring (bicyclic) bond motifs is 2. The van der Waals surface area contributed by atoms with Crippen molar-refractivity contribution >= 4 is 39.6 Å². The first-order chi connectivity index (χ1) is 19.0. The van der Waals surface area contributed by atoms with Gasteiger partial charge in [0.25, 0.3) is 11.5 Å². The molecule has 0 aliphatic rings. The van der Waals surface area contributed by atoms with Gasteiger partial charge in [0.1, 0.15) is 11.4 Å². The zero-order valence-electron chi connectivity index (χ0n) is 21.0. The van der Waals surface area contributed by atoms with E-state index in [9.17, 15) is 9.59 Å². The lowest BCUT2D eigenvalue weighted by molar-refractivity contribution is 0.0940. The molecule has 10 nitrogen and oxygen atoms in total. The second-order valence-electron chi connectivity index (χ2n) is 9.07. The number of anilines is 1. The summed E-state index contributed by atoms with van der Waals surface area (Å²) in [6.07, 6.45) is 6.55. The van der Waals surface area contributed by atoms with Crippen molar-refractivity contribution in [2.45, 2.75) is 25.8 Å². The van der Waals surface area contributed by atoms with Crippen LogP contribution in [0.5, 0.6) is 0 Å². The number of aromatic nitrogens is 6. The molecule has 4 aromatic heterocycles. The number of para-hydroxylation sites is 1. The van der Waals surface area contributed by atoms with Crippen LogP contribution in [0.25, 0.3) is 22.2 Å². The SMILES string of the molecule is C[C@@H](NC(=O)c1c(N)nn2cccnc12)c1nc2cccc(CCc3cncs3)c2c(=O)n1-c1ccccc1. The van der Waals surface area contributed by atoms with Crippen molar-refractivity contribution in [2.24, 2.45) is 0 Å². The lowest BCUT2D eigenvalue weighted by Gasteiger charge is -2.20. The number of carbonyl (C=O) groups excluding carboxylic acids is 1. The van der Waals surface area contributed by atoms with Crippen LogP contribution in [0.1, 0.15) is 39.6 Å². The average Bonchev–Trinajstić information content (AvgIpc) is 3.59. The summed E-state index contributed by atoms with van der Waals surface area (Å²) >= 11 is 1.59. The molecule has 3 N–H and O–H groups in total. The van der Waals surface area contributed by atoms with Gasteiger partial charge in [0, 0.05) is 23.5 Å². The minimum Gasteiger partial charge on any atom is -0.381 e. The molecule has 0 fully saturated rings. The van der Waals surface area contributed by atoms with E-state index < -0.39 is 11.9 Å². The maximum Gasteiger partial charge on any atom is 0.266 e. The number of nitrogens with zero attached hydrogens (tertiary/aromatic N) is 6. The maximum absolute atomic E-state index is 14.1. The number of benzene rings is 2. The van der Waals surface area contributed by atoms with Gasteiger partial charge in [0.15, 0.2) is 11.5 Å². The molecule has 194 valence electrons. The van der Waals surface area contributed by atoms with Crippen molar-refractivity contribution < 1.29 is 4.79 Å². The lowest BCUT2D eigenvalue weighted by Crippen LogP contribution is -2.33. The van der Waals surface area contributed by atoms with Gasteiger partial charge < -0.3 is 11.1 Å². The molecule has 1 amide bonds. The average molecular weight is 537 g/mol.